The van der Waals surface area contributed by atoms with Gasteiger partial charge in [-0.25, -0.2) is 4.79 Å². The van der Waals surface area contributed by atoms with E-state index in [0.717, 1.165) is 11.3 Å². The molecule has 0 aliphatic carbocycles. The average molecular weight is 246 g/mol. The van der Waals surface area contributed by atoms with Crippen LogP contribution in [-0.4, -0.2) is 26.2 Å². The van der Waals surface area contributed by atoms with E-state index in [9.17, 15) is 4.79 Å². The van der Waals surface area contributed by atoms with E-state index in [1.165, 1.54) is 7.11 Å². The summed E-state index contributed by atoms with van der Waals surface area (Å²) in [5, 5.41) is 0. The maximum atomic E-state index is 11.2. The topological polar surface area (TPSA) is 61.5 Å². The predicted molar refractivity (Wildman–Crippen MR) is 64.3 cm³/mol. The van der Waals surface area contributed by atoms with E-state index in [1.54, 1.807) is 18.2 Å². The standard InChI is InChI=1S/C11H15NO3.ClH/c1-8-7-9(11(13)14-2)3-4-10(8)15-6-5-12;/h3-4,7H,5-6,12H2,1-2H3;1H. The Morgan fingerprint density at radius 3 is 2.62 bits per heavy atom. The monoisotopic (exact) mass is 245 g/mol. The fraction of sp³-hybridized carbons (Fsp3) is 0.364. The first-order chi connectivity index (χ1) is 7.19. The zero-order valence-corrected chi connectivity index (χ0v) is 10.2. The lowest BCUT2D eigenvalue weighted by Gasteiger charge is -2.08. The lowest BCUT2D eigenvalue weighted by atomic mass is 10.1. The number of aryl methyl sites for hydroxylation is 1. The summed E-state index contributed by atoms with van der Waals surface area (Å²) >= 11 is 0. The third-order valence-electron chi connectivity index (χ3n) is 1.97. The van der Waals surface area contributed by atoms with Gasteiger partial charge in [-0.05, 0) is 30.7 Å². The molecule has 4 nitrogen and oxygen atoms in total. The number of halogens is 1. The third-order valence-corrected chi connectivity index (χ3v) is 1.97. The molecule has 0 spiro atoms. The molecule has 16 heavy (non-hydrogen) atoms. The zero-order chi connectivity index (χ0) is 11.3. The molecular weight excluding hydrogens is 230 g/mol. The molecule has 0 fully saturated rings. The zero-order valence-electron chi connectivity index (χ0n) is 9.36. The van der Waals surface area contributed by atoms with Crippen LogP contribution in [0.25, 0.3) is 0 Å². The molecule has 1 rings (SSSR count). The minimum absolute atomic E-state index is 0. The minimum atomic E-state index is -0.344. The van der Waals surface area contributed by atoms with Gasteiger partial charge >= 0.3 is 5.97 Å². The van der Waals surface area contributed by atoms with Crippen molar-refractivity contribution >= 4 is 18.4 Å². The Morgan fingerprint density at radius 2 is 2.12 bits per heavy atom. The quantitative estimate of drug-likeness (QED) is 0.818. The van der Waals surface area contributed by atoms with E-state index < -0.39 is 0 Å². The number of carbonyl (C=O) groups is 1. The van der Waals surface area contributed by atoms with Crippen molar-refractivity contribution in [2.24, 2.45) is 5.73 Å². The second kappa shape index (κ2) is 7.09. The van der Waals surface area contributed by atoms with Gasteiger partial charge in [-0.2, -0.15) is 0 Å². The van der Waals surface area contributed by atoms with Gasteiger partial charge in [0.1, 0.15) is 12.4 Å². The molecule has 0 radical (unpaired) electrons. The Bertz CT molecular complexity index is 355. The number of esters is 1. The van der Waals surface area contributed by atoms with Crippen LogP contribution in [0.15, 0.2) is 18.2 Å². The average Bonchev–Trinajstić information content (AvgIpc) is 2.26. The van der Waals surface area contributed by atoms with E-state index in [0.29, 0.717) is 18.7 Å². The summed E-state index contributed by atoms with van der Waals surface area (Å²) in [5.74, 6) is 0.400. The highest BCUT2D eigenvalue weighted by molar-refractivity contribution is 5.89. The lowest BCUT2D eigenvalue weighted by Crippen LogP contribution is -2.11. The Kier molecular flexibility index (Phi) is 6.53. The smallest absolute Gasteiger partial charge is 0.337 e. The summed E-state index contributed by atoms with van der Waals surface area (Å²) in [5.41, 5.74) is 6.74. The first-order valence-corrected chi connectivity index (χ1v) is 4.71. The molecule has 0 amide bonds. The van der Waals surface area contributed by atoms with Crippen LogP contribution >= 0.6 is 12.4 Å². The number of benzene rings is 1. The second-order valence-electron chi connectivity index (χ2n) is 3.11. The number of carbonyl (C=O) groups excluding carboxylic acids is 1. The van der Waals surface area contributed by atoms with Crippen molar-refractivity contribution in [3.8, 4) is 5.75 Å². The van der Waals surface area contributed by atoms with E-state index in [1.807, 2.05) is 6.92 Å². The number of rotatable bonds is 4. The molecule has 0 saturated heterocycles. The molecule has 0 aliphatic rings. The molecule has 2 N–H and O–H groups in total. The van der Waals surface area contributed by atoms with Gasteiger partial charge in [-0.1, -0.05) is 0 Å². The van der Waals surface area contributed by atoms with Crippen LogP contribution in [0.5, 0.6) is 5.75 Å². The molecule has 0 atom stereocenters. The number of methoxy groups -OCH3 is 1. The van der Waals surface area contributed by atoms with Crippen molar-refractivity contribution in [3.05, 3.63) is 29.3 Å². The van der Waals surface area contributed by atoms with E-state index in [2.05, 4.69) is 4.74 Å². The van der Waals surface area contributed by atoms with Crippen LogP contribution in [0.3, 0.4) is 0 Å². The highest BCUT2D eigenvalue weighted by atomic mass is 35.5. The molecule has 5 heteroatoms. The summed E-state index contributed by atoms with van der Waals surface area (Å²) in [6.07, 6.45) is 0. The Labute approximate surface area is 101 Å². The van der Waals surface area contributed by atoms with Gasteiger partial charge in [0.2, 0.25) is 0 Å². The SMILES string of the molecule is COC(=O)c1ccc(OCCN)c(C)c1.Cl. The van der Waals surface area contributed by atoms with Gasteiger partial charge in [0, 0.05) is 6.54 Å². The Morgan fingerprint density at radius 1 is 1.44 bits per heavy atom. The summed E-state index contributed by atoms with van der Waals surface area (Å²) in [6.45, 7) is 2.81. The summed E-state index contributed by atoms with van der Waals surface area (Å²) in [7, 11) is 1.36. The van der Waals surface area contributed by atoms with Crippen molar-refractivity contribution in [2.75, 3.05) is 20.3 Å². The molecule has 1 aromatic rings. The summed E-state index contributed by atoms with van der Waals surface area (Å²) in [4.78, 5) is 11.2. The number of nitrogens with two attached hydrogens (primary N) is 1. The molecule has 0 aromatic heterocycles. The van der Waals surface area contributed by atoms with Gasteiger partial charge in [-0.15, -0.1) is 12.4 Å². The van der Waals surface area contributed by atoms with Crippen molar-refractivity contribution in [2.45, 2.75) is 6.92 Å². The molecule has 1 aromatic carbocycles. The highest BCUT2D eigenvalue weighted by Crippen LogP contribution is 2.19. The van der Waals surface area contributed by atoms with Crippen LogP contribution in [0.2, 0.25) is 0 Å². The van der Waals surface area contributed by atoms with Crippen LogP contribution in [0.1, 0.15) is 15.9 Å². The molecule has 0 unspecified atom stereocenters. The van der Waals surface area contributed by atoms with Gasteiger partial charge < -0.3 is 15.2 Å². The van der Waals surface area contributed by atoms with Crippen LogP contribution in [0, 0.1) is 6.92 Å². The van der Waals surface area contributed by atoms with Crippen LogP contribution < -0.4 is 10.5 Å². The molecule has 90 valence electrons. The van der Waals surface area contributed by atoms with Crippen molar-refractivity contribution in [1.82, 2.24) is 0 Å². The number of ether oxygens (including phenoxy) is 2. The number of hydrogen-bond acceptors (Lipinski definition) is 4. The maximum absolute atomic E-state index is 11.2. The van der Waals surface area contributed by atoms with Gasteiger partial charge in [-0.3, -0.25) is 0 Å². The molecular formula is C11H16ClNO3. The second-order valence-corrected chi connectivity index (χ2v) is 3.11. The molecule has 0 bridgehead atoms. The third kappa shape index (κ3) is 3.72. The maximum Gasteiger partial charge on any atom is 0.337 e. The largest absolute Gasteiger partial charge is 0.492 e. The minimum Gasteiger partial charge on any atom is -0.492 e. The lowest BCUT2D eigenvalue weighted by molar-refractivity contribution is 0.0600. The van der Waals surface area contributed by atoms with Gasteiger partial charge in [0.25, 0.3) is 0 Å². The van der Waals surface area contributed by atoms with Crippen LogP contribution in [0.4, 0.5) is 0 Å². The fourth-order valence-corrected chi connectivity index (χ4v) is 1.23. The van der Waals surface area contributed by atoms with Crippen molar-refractivity contribution in [3.63, 3.8) is 0 Å². The normalized spacial score (nSPS) is 9.19. The molecule has 0 saturated carbocycles. The summed E-state index contributed by atoms with van der Waals surface area (Å²) < 4.78 is 9.99. The molecule has 0 heterocycles. The van der Waals surface area contributed by atoms with E-state index >= 15 is 0 Å². The van der Waals surface area contributed by atoms with Crippen LogP contribution in [-0.2, 0) is 4.74 Å². The fourth-order valence-electron chi connectivity index (χ4n) is 1.23. The van der Waals surface area contributed by atoms with Crippen molar-refractivity contribution in [1.29, 1.82) is 0 Å². The Hall–Kier alpha value is -1.26. The molecule has 0 aliphatic heterocycles. The van der Waals surface area contributed by atoms with E-state index in [4.69, 9.17) is 10.5 Å². The number of hydrogen-bond donors (Lipinski definition) is 1. The van der Waals surface area contributed by atoms with Gasteiger partial charge in [0.05, 0.1) is 12.7 Å². The van der Waals surface area contributed by atoms with Gasteiger partial charge in [0.15, 0.2) is 0 Å². The first kappa shape index (κ1) is 14.7. The first-order valence-electron chi connectivity index (χ1n) is 4.71. The summed E-state index contributed by atoms with van der Waals surface area (Å²) in [6, 6.07) is 5.15. The Balaban J connectivity index is 0.00000225. The highest BCUT2D eigenvalue weighted by Gasteiger charge is 2.07. The van der Waals surface area contributed by atoms with Crippen molar-refractivity contribution < 1.29 is 14.3 Å². The van der Waals surface area contributed by atoms with E-state index in [-0.39, 0.29) is 18.4 Å². The predicted octanol–water partition coefficient (Wildman–Crippen LogP) is 1.54.